The fraction of sp³-hybridized carbons (Fsp3) is 0.111. The zero-order chi connectivity index (χ0) is 9.84. The maximum atomic E-state index is 11.2. The normalized spacial score (nSPS) is 11.3. The number of nitrogens with two attached hydrogens (primary N) is 2. The van der Waals surface area contributed by atoms with E-state index in [1.807, 2.05) is 0 Å². The maximum absolute atomic E-state index is 11.2. The molecule has 1 aromatic rings. The summed E-state index contributed by atoms with van der Waals surface area (Å²) in [7, 11) is 0. The third kappa shape index (κ3) is 1.84. The van der Waals surface area contributed by atoms with Crippen LogP contribution in [0.4, 0.5) is 5.69 Å². The molecule has 0 unspecified atom stereocenters. The molecule has 0 aliphatic heterocycles. The van der Waals surface area contributed by atoms with Gasteiger partial charge in [-0.1, -0.05) is 18.2 Å². The molecular weight excluding hydrogens is 166 g/mol. The molecule has 0 amide bonds. The largest absolute Gasteiger partial charge is 0.395 e. The summed E-state index contributed by atoms with van der Waals surface area (Å²) in [6.07, 6.45) is 0. The summed E-state index contributed by atoms with van der Waals surface area (Å²) >= 11 is 0. The SMILES string of the molecule is C/C(=N\N)c1ccccc(=O)c1N. The average Bonchev–Trinajstić information content (AvgIpc) is 2.29. The third-order valence-corrected chi connectivity index (χ3v) is 1.76. The van der Waals surface area contributed by atoms with Crippen molar-refractivity contribution in [3.05, 3.63) is 40.1 Å². The highest BCUT2D eigenvalue weighted by Gasteiger charge is 2.02. The Kier molecular flexibility index (Phi) is 2.64. The van der Waals surface area contributed by atoms with Gasteiger partial charge < -0.3 is 11.6 Å². The van der Waals surface area contributed by atoms with Crippen molar-refractivity contribution in [3.63, 3.8) is 0 Å². The van der Waals surface area contributed by atoms with Gasteiger partial charge in [0.2, 0.25) is 5.43 Å². The van der Waals surface area contributed by atoms with Gasteiger partial charge in [-0.25, -0.2) is 0 Å². The van der Waals surface area contributed by atoms with Gasteiger partial charge in [-0.05, 0) is 13.0 Å². The van der Waals surface area contributed by atoms with E-state index in [2.05, 4.69) is 5.10 Å². The fourth-order valence-corrected chi connectivity index (χ4v) is 0.992. The lowest BCUT2D eigenvalue weighted by Crippen LogP contribution is -2.10. The highest BCUT2D eigenvalue weighted by atomic mass is 16.1. The zero-order valence-electron chi connectivity index (χ0n) is 7.32. The molecule has 0 atom stereocenters. The van der Waals surface area contributed by atoms with Crippen molar-refractivity contribution in [2.45, 2.75) is 6.92 Å². The first kappa shape index (κ1) is 9.25. The molecule has 0 fully saturated rings. The number of nitrogen functional groups attached to an aromatic ring is 1. The summed E-state index contributed by atoms with van der Waals surface area (Å²) in [6, 6.07) is 6.47. The van der Waals surface area contributed by atoms with E-state index in [4.69, 9.17) is 11.6 Å². The minimum absolute atomic E-state index is 0.178. The van der Waals surface area contributed by atoms with Crippen LogP contribution in [0.3, 0.4) is 0 Å². The van der Waals surface area contributed by atoms with Gasteiger partial charge in [-0.15, -0.1) is 0 Å². The smallest absolute Gasteiger partial charge is 0.202 e. The molecule has 0 bridgehead atoms. The van der Waals surface area contributed by atoms with Crippen molar-refractivity contribution in [1.29, 1.82) is 0 Å². The number of anilines is 1. The van der Waals surface area contributed by atoms with Gasteiger partial charge in [0, 0.05) is 5.56 Å². The molecule has 4 nitrogen and oxygen atoms in total. The molecule has 0 spiro atoms. The topological polar surface area (TPSA) is 81.5 Å². The fourth-order valence-electron chi connectivity index (χ4n) is 0.992. The predicted molar refractivity (Wildman–Crippen MR) is 53.5 cm³/mol. The molecule has 0 heterocycles. The Balaban J connectivity index is 3.50. The standard InChI is InChI=1S/C9H11N3O/c1-6(12-11)7-4-2-3-5-8(13)9(7)10/h2-5H,11H2,1H3,(H2,10,13)/b12-6+. The molecule has 0 radical (unpaired) electrons. The molecule has 4 heteroatoms. The highest BCUT2D eigenvalue weighted by molar-refractivity contribution is 6.02. The van der Waals surface area contributed by atoms with Gasteiger partial charge in [0.05, 0.1) is 11.4 Å². The van der Waals surface area contributed by atoms with E-state index in [0.717, 1.165) is 0 Å². The molecule has 1 rings (SSSR count). The van der Waals surface area contributed by atoms with Gasteiger partial charge in [0.25, 0.3) is 0 Å². The Morgan fingerprint density at radius 2 is 2.00 bits per heavy atom. The first-order valence-corrected chi connectivity index (χ1v) is 3.80. The van der Waals surface area contributed by atoms with Crippen LogP contribution >= 0.6 is 0 Å². The van der Waals surface area contributed by atoms with E-state index in [0.29, 0.717) is 11.3 Å². The van der Waals surface area contributed by atoms with Gasteiger partial charge in [-0.3, -0.25) is 4.79 Å². The molecular formula is C9H11N3O. The molecule has 0 saturated carbocycles. The summed E-state index contributed by atoms with van der Waals surface area (Å²) < 4.78 is 0. The number of nitrogens with zero attached hydrogens (tertiary/aromatic N) is 1. The summed E-state index contributed by atoms with van der Waals surface area (Å²) in [6.45, 7) is 1.70. The monoisotopic (exact) mass is 177 g/mol. The van der Waals surface area contributed by atoms with Crippen LogP contribution < -0.4 is 17.0 Å². The van der Waals surface area contributed by atoms with Crippen LogP contribution in [0.15, 0.2) is 34.2 Å². The van der Waals surface area contributed by atoms with Crippen molar-refractivity contribution < 1.29 is 0 Å². The number of rotatable bonds is 1. The maximum Gasteiger partial charge on any atom is 0.202 e. The second-order valence-corrected chi connectivity index (χ2v) is 2.62. The molecule has 13 heavy (non-hydrogen) atoms. The van der Waals surface area contributed by atoms with Crippen molar-refractivity contribution in [2.75, 3.05) is 5.73 Å². The quantitative estimate of drug-likeness (QED) is 0.368. The highest BCUT2D eigenvalue weighted by Crippen LogP contribution is 2.05. The first-order valence-electron chi connectivity index (χ1n) is 3.80. The molecule has 68 valence electrons. The Labute approximate surface area is 75.9 Å². The Bertz CT molecular complexity index is 398. The van der Waals surface area contributed by atoms with Gasteiger partial charge >= 0.3 is 0 Å². The first-order chi connectivity index (χ1) is 6.16. The summed E-state index contributed by atoms with van der Waals surface area (Å²) in [4.78, 5) is 11.2. The van der Waals surface area contributed by atoms with Crippen LogP contribution in [-0.2, 0) is 0 Å². The minimum Gasteiger partial charge on any atom is -0.395 e. The number of hydrogen-bond acceptors (Lipinski definition) is 4. The van der Waals surface area contributed by atoms with E-state index in [1.54, 1.807) is 25.1 Å². The molecule has 0 aliphatic rings. The molecule has 4 N–H and O–H groups in total. The van der Waals surface area contributed by atoms with Crippen molar-refractivity contribution >= 4 is 11.4 Å². The lowest BCUT2D eigenvalue weighted by Gasteiger charge is -1.97. The van der Waals surface area contributed by atoms with Crippen LogP contribution in [0.5, 0.6) is 0 Å². The number of hydrogen-bond donors (Lipinski definition) is 2. The van der Waals surface area contributed by atoms with E-state index < -0.39 is 0 Å². The second kappa shape index (κ2) is 3.71. The lowest BCUT2D eigenvalue weighted by atomic mass is 10.1. The summed E-state index contributed by atoms with van der Waals surface area (Å²) in [5, 5.41) is 3.49. The molecule has 1 aromatic carbocycles. The second-order valence-electron chi connectivity index (χ2n) is 2.62. The summed E-state index contributed by atoms with van der Waals surface area (Å²) in [5.41, 5.74) is 6.68. The van der Waals surface area contributed by atoms with Gasteiger partial charge in [-0.2, -0.15) is 5.10 Å². The van der Waals surface area contributed by atoms with Gasteiger partial charge in [0.15, 0.2) is 0 Å². The molecule has 0 aromatic heterocycles. The van der Waals surface area contributed by atoms with Gasteiger partial charge in [0.1, 0.15) is 0 Å². The van der Waals surface area contributed by atoms with Crippen molar-refractivity contribution in [2.24, 2.45) is 10.9 Å². The zero-order valence-corrected chi connectivity index (χ0v) is 7.32. The summed E-state index contributed by atoms with van der Waals surface area (Å²) in [5.74, 6) is 5.09. The van der Waals surface area contributed by atoms with Crippen LogP contribution in [0.25, 0.3) is 0 Å². The predicted octanol–water partition coefficient (Wildman–Crippen LogP) is 0.312. The molecule has 0 saturated heterocycles. The molecule has 0 aliphatic carbocycles. The van der Waals surface area contributed by atoms with E-state index >= 15 is 0 Å². The Hall–Kier alpha value is -1.84. The van der Waals surface area contributed by atoms with Crippen LogP contribution in [0.2, 0.25) is 0 Å². The Morgan fingerprint density at radius 3 is 2.62 bits per heavy atom. The minimum atomic E-state index is -0.219. The average molecular weight is 177 g/mol. The van der Waals surface area contributed by atoms with E-state index in [1.165, 1.54) is 6.07 Å². The Morgan fingerprint density at radius 1 is 1.38 bits per heavy atom. The van der Waals surface area contributed by atoms with Crippen molar-refractivity contribution in [3.8, 4) is 0 Å². The lowest BCUT2D eigenvalue weighted by molar-refractivity contribution is 1.24. The van der Waals surface area contributed by atoms with Crippen LogP contribution in [0.1, 0.15) is 12.5 Å². The van der Waals surface area contributed by atoms with Crippen LogP contribution in [0, 0.1) is 0 Å². The van der Waals surface area contributed by atoms with E-state index in [9.17, 15) is 4.79 Å². The van der Waals surface area contributed by atoms with E-state index in [-0.39, 0.29) is 11.1 Å². The van der Waals surface area contributed by atoms with Crippen molar-refractivity contribution in [1.82, 2.24) is 0 Å². The van der Waals surface area contributed by atoms with Crippen LogP contribution in [-0.4, -0.2) is 5.71 Å². The third-order valence-electron chi connectivity index (χ3n) is 1.76. The number of hydrazone groups is 1.